The van der Waals surface area contributed by atoms with Gasteiger partial charge in [0.1, 0.15) is 5.60 Å². The first-order valence-corrected chi connectivity index (χ1v) is 7.60. The molecule has 1 atom stereocenters. The van der Waals surface area contributed by atoms with Crippen LogP contribution in [0.25, 0.3) is 10.9 Å². The third-order valence-electron chi connectivity index (χ3n) is 3.12. The van der Waals surface area contributed by atoms with Gasteiger partial charge in [0, 0.05) is 29.6 Å². The zero-order valence-corrected chi connectivity index (χ0v) is 13.9. The highest BCUT2D eigenvalue weighted by molar-refractivity contribution is 6.01. The predicted molar refractivity (Wildman–Crippen MR) is 90.4 cm³/mol. The Kier molecular flexibility index (Phi) is 4.93. The normalized spacial score (nSPS) is 12.7. The van der Waals surface area contributed by atoms with Crippen LogP contribution >= 0.6 is 0 Å². The van der Waals surface area contributed by atoms with E-state index >= 15 is 0 Å². The van der Waals surface area contributed by atoms with Gasteiger partial charge in [0.25, 0.3) is 0 Å². The molecule has 1 heterocycles. The number of ether oxygens (including phenoxy) is 1. The number of hydrogen-bond acceptors (Lipinski definition) is 3. The van der Waals surface area contributed by atoms with Gasteiger partial charge in [-0.25, -0.2) is 4.79 Å². The van der Waals surface area contributed by atoms with Crippen molar-refractivity contribution in [1.82, 2.24) is 10.3 Å². The number of aromatic amines is 1. The van der Waals surface area contributed by atoms with Gasteiger partial charge in [-0.05, 0) is 45.9 Å². The van der Waals surface area contributed by atoms with Gasteiger partial charge < -0.3 is 20.4 Å². The van der Waals surface area contributed by atoms with Crippen molar-refractivity contribution >= 4 is 28.6 Å². The van der Waals surface area contributed by atoms with E-state index in [9.17, 15) is 9.59 Å². The number of aromatic nitrogens is 1. The van der Waals surface area contributed by atoms with Gasteiger partial charge in [0.05, 0.1) is 5.69 Å². The van der Waals surface area contributed by atoms with Crippen LogP contribution in [0.2, 0.25) is 0 Å². The first-order valence-electron chi connectivity index (χ1n) is 7.60. The molecule has 3 N–H and O–H groups in total. The second-order valence-corrected chi connectivity index (χ2v) is 6.54. The number of hydrogen-bond donors (Lipinski definition) is 3. The number of benzene rings is 1. The number of anilines is 1. The molecule has 2 aromatic rings. The standard InChI is InChI=1S/C17H23N3O3/c1-11(19-16(22)23-17(2,3)4)10-15(21)20-14-7-5-6-13-12(14)8-9-18-13/h5-9,11,18H,10H2,1-4H3,(H,19,22)(H,20,21)/t11-/m0/s1. The molecule has 0 spiro atoms. The summed E-state index contributed by atoms with van der Waals surface area (Å²) in [7, 11) is 0. The van der Waals surface area contributed by atoms with Crippen LogP contribution in [0.4, 0.5) is 10.5 Å². The van der Waals surface area contributed by atoms with Crippen molar-refractivity contribution < 1.29 is 14.3 Å². The lowest BCUT2D eigenvalue weighted by Gasteiger charge is -2.21. The van der Waals surface area contributed by atoms with E-state index in [2.05, 4.69) is 15.6 Å². The molecule has 23 heavy (non-hydrogen) atoms. The Bertz CT molecular complexity index is 700. The minimum atomic E-state index is -0.560. The van der Waals surface area contributed by atoms with Gasteiger partial charge in [-0.2, -0.15) is 0 Å². The molecule has 1 aromatic carbocycles. The Morgan fingerprint density at radius 3 is 2.70 bits per heavy atom. The minimum Gasteiger partial charge on any atom is -0.444 e. The summed E-state index contributed by atoms with van der Waals surface area (Å²) in [6.07, 6.45) is 1.47. The van der Waals surface area contributed by atoms with Crippen LogP contribution in [-0.2, 0) is 9.53 Å². The van der Waals surface area contributed by atoms with E-state index in [-0.39, 0.29) is 18.4 Å². The molecule has 2 amide bonds. The summed E-state index contributed by atoms with van der Waals surface area (Å²) in [6.45, 7) is 7.14. The van der Waals surface area contributed by atoms with Crippen molar-refractivity contribution in [3.8, 4) is 0 Å². The topological polar surface area (TPSA) is 83.2 Å². The highest BCUT2D eigenvalue weighted by Crippen LogP contribution is 2.22. The molecule has 0 saturated heterocycles. The Morgan fingerprint density at radius 2 is 2.00 bits per heavy atom. The Balaban J connectivity index is 1.89. The molecule has 1 aromatic heterocycles. The van der Waals surface area contributed by atoms with E-state index in [0.29, 0.717) is 0 Å². The van der Waals surface area contributed by atoms with Gasteiger partial charge in [-0.3, -0.25) is 4.79 Å². The first kappa shape index (κ1) is 16.9. The molecule has 0 fully saturated rings. The highest BCUT2D eigenvalue weighted by atomic mass is 16.6. The average molecular weight is 317 g/mol. The maximum atomic E-state index is 12.1. The molecular weight excluding hydrogens is 294 g/mol. The smallest absolute Gasteiger partial charge is 0.407 e. The van der Waals surface area contributed by atoms with Crippen LogP contribution in [-0.4, -0.2) is 28.6 Å². The van der Waals surface area contributed by atoms with E-state index in [4.69, 9.17) is 4.74 Å². The molecule has 0 bridgehead atoms. The number of amides is 2. The zero-order chi connectivity index (χ0) is 17.0. The van der Waals surface area contributed by atoms with Crippen molar-refractivity contribution in [2.24, 2.45) is 0 Å². The highest BCUT2D eigenvalue weighted by Gasteiger charge is 2.19. The summed E-state index contributed by atoms with van der Waals surface area (Å²) in [6, 6.07) is 7.25. The van der Waals surface area contributed by atoms with Crippen molar-refractivity contribution in [2.75, 3.05) is 5.32 Å². The van der Waals surface area contributed by atoms with Crippen LogP contribution in [0.5, 0.6) is 0 Å². The summed E-state index contributed by atoms with van der Waals surface area (Å²) < 4.78 is 5.17. The molecule has 0 aliphatic carbocycles. The van der Waals surface area contributed by atoms with Crippen LogP contribution in [0.1, 0.15) is 34.1 Å². The maximum Gasteiger partial charge on any atom is 0.407 e. The van der Waals surface area contributed by atoms with Gasteiger partial charge in [0.2, 0.25) is 5.91 Å². The fourth-order valence-electron chi connectivity index (χ4n) is 2.23. The fraction of sp³-hybridized carbons (Fsp3) is 0.412. The number of carbonyl (C=O) groups is 2. The quantitative estimate of drug-likeness (QED) is 0.808. The lowest BCUT2D eigenvalue weighted by molar-refractivity contribution is -0.116. The third-order valence-corrected chi connectivity index (χ3v) is 3.12. The van der Waals surface area contributed by atoms with Gasteiger partial charge in [-0.1, -0.05) is 6.07 Å². The van der Waals surface area contributed by atoms with E-state index in [0.717, 1.165) is 16.6 Å². The molecule has 0 aliphatic heterocycles. The van der Waals surface area contributed by atoms with Crippen LogP contribution in [0, 0.1) is 0 Å². The number of nitrogens with one attached hydrogen (secondary N) is 3. The summed E-state index contributed by atoms with van der Waals surface area (Å²) in [5, 5.41) is 6.48. The maximum absolute atomic E-state index is 12.1. The number of H-pyrrole nitrogens is 1. The van der Waals surface area contributed by atoms with Crippen molar-refractivity contribution in [1.29, 1.82) is 0 Å². The third kappa shape index (κ3) is 5.02. The largest absolute Gasteiger partial charge is 0.444 e. The monoisotopic (exact) mass is 317 g/mol. The molecule has 6 heteroatoms. The van der Waals surface area contributed by atoms with Crippen LogP contribution in [0.3, 0.4) is 0 Å². The van der Waals surface area contributed by atoms with E-state index in [1.807, 2.05) is 30.5 Å². The molecule has 6 nitrogen and oxygen atoms in total. The fourth-order valence-corrected chi connectivity index (χ4v) is 2.23. The Labute approximate surface area is 135 Å². The number of alkyl carbamates (subject to hydrolysis) is 1. The summed E-state index contributed by atoms with van der Waals surface area (Å²) in [4.78, 5) is 26.9. The van der Waals surface area contributed by atoms with Gasteiger partial charge >= 0.3 is 6.09 Å². The van der Waals surface area contributed by atoms with Crippen LogP contribution in [0.15, 0.2) is 30.5 Å². The molecule has 0 saturated carbocycles. The Hall–Kier alpha value is -2.50. The second-order valence-electron chi connectivity index (χ2n) is 6.54. The van der Waals surface area contributed by atoms with Crippen molar-refractivity contribution in [2.45, 2.75) is 45.8 Å². The molecule has 0 radical (unpaired) electrons. The van der Waals surface area contributed by atoms with Crippen LogP contribution < -0.4 is 10.6 Å². The predicted octanol–water partition coefficient (Wildman–Crippen LogP) is 3.41. The number of rotatable bonds is 4. The van der Waals surface area contributed by atoms with Gasteiger partial charge in [-0.15, -0.1) is 0 Å². The average Bonchev–Trinajstić information content (AvgIpc) is 2.84. The number of carbonyl (C=O) groups excluding carboxylic acids is 2. The SMILES string of the molecule is C[C@@H](CC(=O)Nc1cccc2[nH]ccc12)NC(=O)OC(C)(C)C. The van der Waals surface area contributed by atoms with Crippen molar-refractivity contribution in [3.63, 3.8) is 0 Å². The molecule has 0 aliphatic rings. The lowest BCUT2D eigenvalue weighted by atomic mass is 10.2. The van der Waals surface area contributed by atoms with E-state index in [1.165, 1.54) is 0 Å². The minimum absolute atomic E-state index is 0.165. The summed E-state index contributed by atoms with van der Waals surface area (Å²) in [5.74, 6) is -0.165. The molecular formula is C17H23N3O3. The first-order chi connectivity index (χ1) is 10.7. The van der Waals surface area contributed by atoms with E-state index in [1.54, 1.807) is 27.7 Å². The zero-order valence-electron chi connectivity index (χ0n) is 13.9. The van der Waals surface area contributed by atoms with Crippen molar-refractivity contribution in [3.05, 3.63) is 30.5 Å². The Morgan fingerprint density at radius 1 is 1.26 bits per heavy atom. The van der Waals surface area contributed by atoms with E-state index < -0.39 is 11.7 Å². The van der Waals surface area contributed by atoms with Gasteiger partial charge in [0.15, 0.2) is 0 Å². The lowest BCUT2D eigenvalue weighted by Crippen LogP contribution is -2.39. The molecule has 0 unspecified atom stereocenters. The summed E-state index contributed by atoms with van der Waals surface area (Å²) in [5.41, 5.74) is 1.15. The molecule has 124 valence electrons. The number of fused-ring (bicyclic) bond motifs is 1. The second kappa shape index (κ2) is 6.73. The summed E-state index contributed by atoms with van der Waals surface area (Å²) >= 11 is 0. The molecule has 2 rings (SSSR count).